The number of hydrogen-bond donors (Lipinski definition) is 3. The van der Waals surface area contributed by atoms with Crippen LogP contribution in [0.1, 0.15) is 106 Å². The molecule has 1 unspecified atom stereocenters. The molecule has 3 N–H and O–H groups in total. The van der Waals surface area contributed by atoms with Gasteiger partial charge in [-0.25, -0.2) is 0 Å². The van der Waals surface area contributed by atoms with E-state index in [1.54, 1.807) is 0 Å². The van der Waals surface area contributed by atoms with Crippen LogP contribution in [0.3, 0.4) is 0 Å². The number of rotatable bonds is 1. The van der Waals surface area contributed by atoms with Crippen LogP contribution >= 0.6 is 0 Å². The van der Waals surface area contributed by atoms with Gasteiger partial charge in [-0.15, -0.1) is 0 Å². The highest BCUT2D eigenvalue weighted by atomic mass is 16.5. The van der Waals surface area contributed by atoms with Gasteiger partial charge in [-0.2, -0.15) is 0 Å². The molecule has 0 spiro atoms. The first-order valence-electron chi connectivity index (χ1n) is 14.6. The lowest BCUT2D eigenvalue weighted by molar-refractivity contribution is -0.294. The fourth-order valence-corrected chi connectivity index (χ4v) is 11.7. The normalized spacial score (nSPS) is 55.4. The highest BCUT2D eigenvalue weighted by Gasteiger charge is 2.74. The minimum Gasteiger partial charge on any atom is -0.469 e. The van der Waals surface area contributed by atoms with Gasteiger partial charge in [0.2, 0.25) is 0 Å². The van der Waals surface area contributed by atoms with Gasteiger partial charge >= 0.3 is 5.97 Å². The summed E-state index contributed by atoms with van der Waals surface area (Å²) in [6.07, 6.45) is 6.00. The Morgan fingerprint density at radius 2 is 1.44 bits per heavy atom. The number of aliphatic hydroxyl groups is 3. The number of esters is 1. The van der Waals surface area contributed by atoms with Crippen molar-refractivity contribution in [2.75, 3.05) is 7.11 Å². The molecule has 5 nitrogen and oxygen atoms in total. The van der Waals surface area contributed by atoms with Gasteiger partial charge < -0.3 is 20.1 Å². The minimum atomic E-state index is -0.920. The molecule has 0 aromatic rings. The molecule has 0 radical (unpaired) electrons. The quantitative estimate of drug-likeness (QED) is 0.420. The molecule has 0 aromatic carbocycles. The third-order valence-corrected chi connectivity index (χ3v) is 13.8. The largest absolute Gasteiger partial charge is 0.469 e. The Labute approximate surface area is 218 Å². The van der Waals surface area contributed by atoms with Crippen molar-refractivity contribution in [2.24, 2.45) is 56.2 Å². The summed E-state index contributed by atoms with van der Waals surface area (Å²) in [7, 11) is 1.45. The molecule has 206 valence electrons. The number of methoxy groups -OCH3 is 1. The second kappa shape index (κ2) is 7.94. The molecule has 36 heavy (non-hydrogen) atoms. The van der Waals surface area contributed by atoms with Crippen molar-refractivity contribution < 1.29 is 24.9 Å². The number of hydrogen-bond acceptors (Lipinski definition) is 5. The lowest BCUT2D eigenvalue weighted by Gasteiger charge is -2.74. The first kappa shape index (κ1) is 26.9. The summed E-state index contributed by atoms with van der Waals surface area (Å²) in [5.41, 5.74) is -1.29. The molecular weight excluding hydrogens is 452 g/mol. The smallest absolute Gasteiger partial charge is 0.314 e. The van der Waals surface area contributed by atoms with E-state index < -0.39 is 17.6 Å². The van der Waals surface area contributed by atoms with E-state index >= 15 is 0 Å². The van der Waals surface area contributed by atoms with Crippen LogP contribution in [0.15, 0.2) is 0 Å². The highest BCUT2D eigenvalue weighted by molar-refractivity contribution is 5.78. The van der Waals surface area contributed by atoms with Crippen LogP contribution in [-0.4, -0.2) is 46.7 Å². The zero-order chi connectivity index (χ0) is 26.7. The number of ether oxygens (including phenoxy) is 1. The van der Waals surface area contributed by atoms with E-state index in [0.717, 1.165) is 44.9 Å². The van der Waals surface area contributed by atoms with Crippen molar-refractivity contribution in [3.8, 4) is 0 Å². The van der Waals surface area contributed by atoms with E-state index in [1.807, 2.05) is 0 Å². The molecule has 5 aliphatic rings. The minimum absolute atomic E-state index is 0.0387. The summed E-state index contributed by atoms with van der Waals surface area (Å²) in [6.45, 7) is 16.2. The summed E-state index contributed by atoms with van der Waals surface area (Å²) >= 11 is 0. The first-order valence-corrected chi connectivity index (χ1v) is 14.6. The Bertz CT molecular complexity index is 913. The van der Waals surface area contributed by atoms with Crippen LogP contribution in [0.2, 0.25) is 0 Å². The van der Waals surface area contributed by atoms with Gasteiger partial charge in [-0.1, -0.05) is 48.5 Å². The molecule has 0 bridgehead atoms. The van der Waals surface area contributed by atoms with Crippen LogP contribution in [0, 0.1) is 56.2 Å². The maximum Gasteiger partial charge on any atom is 0.314 e. The zero-order valence-electron chi connectivity index (χ0n) is 24.1. The Balaban J connectivity index is 1.62. The zero-order valence-corrected chi connectivity index (χ0v) is 24.1. The van der Waals surface area contributed by atoms with E-state index in [0.29, 0.717) is 24.7 Å². The van der Waals surface area contributed by atoms with Crippen molar-refractivity contribution in [1.82, 2.24) is 0 Å². The topological polar surface area (TPSA) is 87.0 Å². The van der Waals surface area contributed by atoms with E-state index in [-0.39, 0.29) is 51.0 Å². The number of aliphatic hydroxyl groups excluding tert-OH is 3. The van der Waals surface area contributed by atoms with E-state index in [9.17, 15) is 20.1 Å². The molecule has 0 saturated heterocycles. The summed E-state index contributed by atoms with van der Waals surface area (Å²) in [5.74, 6) is 0.320. The Morgan fingerprint density at radius 3 is 2.08 bits per heavy atom. The predicted octanol–water partition coefficient (Wildman–Crippen LogP) is 5.34. The van der Waals surface area contributed by atoms with Gasteiger partial charge in [-0.3, -0.25) is 4.79 Å². The molecule has 0 aliphatic heterocycles. The highest BCUT2D eigenvalue weighted by Crippen LogP contribution is 2.77. The number of carbonyl (C=O) groups excluding carboxylic acids is 1. The maximum atomic E-state index is 13.4. The van der Waals surface area contributed by atoms with E-state index in [1.165, 1.54) is 7.11 Å². The summed E-state index contributed by atoms with van der Waals surface area (Å²) in [6, 6.07) is 0. The third kappa shape index (κ3) is 3.14. The molecule has 11 atom stereocenters. The summed E-state index contributed by atoms with van der Waals surface area (Å²) < 4.78 is 5.38. The van der Waals surface area contributed by atoms with Crippen LogP contribution in [0.5, 0.6) is 0 Å². The lowest BCUT2D eigenvalue weighted by Crippen LogP contribution is -2.73. The lowest BCUT2D eigenvalue weighted by atomic mass is 9.30. The Morgan fingerprint density at radius 1 is 0.778 bits per heavy atom. The van der Waals surface area contributed by atoms with Crippen molar-refractivity contribution in [1.29, 1.82) is 0 Å². The fraction of sp³-hybridized carbons (Fsp3) is 0.968. The van der Waals surface area contributed by atoms with Crippen molar-refractivity contribution in [3.05, 3.63) is 0 Å². The van der Waals surface area contributed by atoms with Gasteiger partial charge in [0.15, 0.2) is 0 Å². The van der Waals surface area contributed by atoms with E-state index in [2.05, 4.69) is 48.5 Å². The number of fused-ring (bicyclic) bond motifs is 7. The van der Waals surface area contributed by atoms with Crippen molar-refractivity contribution in [2.45, 2.75) is 125 Å². The maximum absolute atomic E-state index is 13.4. The fourth-order valence-electron chi connectivity index (χ4n) is 11.7. The molecule has 5 heteroatoms. The summed E-state index contributed by atoms with van der Waals surface area (Å²) in [4.78, 5) is 13.4. The third-order valence-electron chi connectivity index (χ3n) is 13.8. The molecular formula is C31H52O5. The second-order valence-corrected chi connectivity index (χ2v) is 15.9. The molecule has 5 saturated carbocycles. The van der Waals surface area contributed by atoms with Gasteiger partial charge in [0, 0.05) is 0 Å². The molecule has 0 aromatic heterocycles. The summed E-state index contributed by atoms with van der Waals surface area (Å²) in [5, 5.41) is 34.9. The van der Waals surface area contributed by atoms with Gasteiger partial charge in [-0.05, 0) is 109 Å². The Kier molecular flexibility index (Phi) is 5.94. The van der Waals surface area contributed by atoms with Crippen molar-refractivity contribution in [3.63, 3.8) is 0 Å². The van der Waals surface area contributed by atoms with Crippen LogP contribution < -0.4 is 0 Å². The predicted molar refractivity (Wildman–Crippen MR) is 140 cm³/mol. The molecule has 0 heterocycles. The number of carbonyl (C=O) groups is 1. The Hall–Kier alpha value is -0.650. The van der Waals surface area contributed by atoms with Crippen LogP contribution in [-0.2, 0) is 9.53 Å². The first-order chi connectivity index (χ1) is 16.5. The van der Waals surface area contributed by atoms with Gasteiger partial charge in [0.05, 0.1) is 30.8 Å². The van der Waals surface area contributed by atoms with Crippen molar-refractivity contribution >= 4 is 5.97 Å². The van der Waals surface area contributed by atoms with Gasteiger partial charge in [0.1, 0.15) is 0 Å². The monoisotopic (exact) mass is 504 g/mol. The van der Waals surface area contributed by atoms with Crippen LogP contribution in [0.4, 0.5) is 0 Å². The van der Waals surface area contributed by atoms with Crippen LogP contribution in [0.25, 0.3) is 0 Å². The SMILES string of the molecule is COC(=O)[C@]12CCC(C)(C)C[C@H]1[C@H]1C(O)C[C@@H]3[C@@]4(C)CC[C@H](O)C(C)(C)[C@@H]4CC[C@@]3(C)[C@]1(C)C[C@H]2O. The second-order valence-electron chi connectivity index (χ2n) is 15.9. The molecule has 5 rings (SSSR count). The van der Waals surface area contributed by atoms with Gasteiger partial charge in [0.25, 0.3) is 0 Å². The average molecular weight is 505 g/mol. The molecule has 0 amide bonds. The molecule has 5 fully saturated rings. The average Bonchev–Trinajstić information content (AvgIpc) is 2.77. The van der Waals surface area contributed by atoms with E-state index in [4.69, 9.17) is 4.74 Å². The molecule has 5 aliphatic carbocycles. The standard InChI is InChI=1S/C31H52O5/c1-26(2)13-14-31(25(35)36-8)18(16-26)24-19(32)15-21-28(5)11-10-22(33)27(3,4)20(28)9-12-29(21,6)30(24,7)17-23(31)34/h18-24,32-34H,9-17H2,1-8H3/t18-,19?,20-,21+,22-,23+,24-,28-,29+,30+,31+/m0/s1.